The minimum absolute atomic E-state index is 0.0274. The predicted octanol–water partition coefficient (Wildman–Crippen LogP) is 4.94. The van der Waals surface area contributed by atoms with Crippen LogP contribution in [0.1, 0.15) is 22.1 Å². The number of aryl methyl sites for hydroxylation is 1. The summed E-state index contributed by atoms with van der Waals surface area (Å²) in [6.45, 7) is 1.28. The summed E-state index contributed by atoms with van der Waals surface area (Å²) in [5.74, 6) is 0.0584. The standard InChI is InChI=1S/C25H19N3O5S/c1-16-26-23(27-33-16)14-31-20-11-5-2-8-17(20)25(30)32-15-24(29)28-18-9-3-6-12-21(18)34-22-13-7-4-10-19(22)28/h2-13H,14-15H2,1H3. The molecule has 1 aromatic heterocycles. The molecule has 1 aliphatic heterocycles. The predicted molar refractivity (Wildman–Crippen MR) is 124 cm³/mol. The van der Waals surface area contributed by atoms with Gasteiger partial charge >= 0.3 is 5.97 Å². The molecule has 4 aromatic rings. The van der Waals surface area contributed by atoms with Gasteiger partial charge in [-0.25, -0.2) is 4.79 Å². The number of hydrogen-bond donors (Lipinski definition) is 0. The summed E-state index contributed by atoms with van der Waals surface area (Å²) in [5.41, 5.74) is 1.71. The smallest absolute Gasteiger partial charge is 0.342 e. The third-order valence-electron chi connectivity index (χ3n) is 5.04. The maximum atomic E-state index is 13.2. The van der Waals surface area contributed by atoms with Crippen molar-refractivity contribution in [3.63, 3.8) is 0 Å². The molecule has 0 bridgehead atoms. The van der Waals surface area contributed by atoms with Gasteiger partial charge in [-0.3, -0.25) is 9.69 Å². The molecule has 0 unspecified atom stereocenters. The number of ether oxygens (including phenoxy) is 2. The van der Waals surface area contributed by atoms with Crippen LogP contribution < -0.4 is 9.64 Å². The van der Waals surface area contributed by atoms with E-state index in [1.165, 1.54) is 0 Å². The Morgan fingerprint density at radius 3 is 2.26 bits per heavy atom. The molecule has 0 atom stereocenters. The van der Waals surface area contributed by atoms with E-state index in [1.807, 2.05) is 48.5 Å². The van der Waals surface area contributed by atoms with Crippen molar-refractivity contribution >= 4 is 35.0 Å². The molecule has 170 valence electrons. The number of para-hydroxylation sites is 3. The Bertz CT molecular complexity index is 1320. The fourth-order valence-corrected chi connectivity index (χ4v) is 4.60. The van der Waals surface area contributed by atoms with Crippen molar-refractivity contribution in [2.45, 2.75) is 23.3 Å². The number of carbonyl (C=O) groups excluding carboxylic acids is 2. The van der Waals surface area contributed by atoms with E-state index >= 15 is 0 Å². The van der Waals surface area contributed by atoms with Crippen molar-refractivity contribution in [2.75, 3.05) is 11.5 Å². The molecule has 0 fully saturated rings. The lowest BCUT2D eigenvalue weighted by Crippen LogP contribution is -2.32. The van der Waals surface area contributed by atoms with Crippen LogP contribution >= 0.6 is 11.8 Å². The van der Waals surface area contributed by atoms with Crippen LogP contribution in [0.15, 0.2) is 87.1 Å². The highest BCUT2D eigenvalue weighted by molar-refractivity contribution is 7.99. The van der Waals surface area contributed by atoms with E-state index in [-0.39, 0.29) is 18.1 Å². The molecular weight excluding hydrogens is 454 g/mol. The molecular formula is C25H19N3O5S. The van der Waals surface area contributed by atoms with Crippen molar-refractivity contribution in [1.82, 2.24) is 10.1 Å². The summed E-state index contributed by atoms with van der Waals surface area (Å²) >= 11 is 1.60. The van der Waals surface area contributed by atoms with Crippen LogP contribution in [0.3, 0.4) is 0 Å². The molecule has 34 heavy (non-hydrogen) atoms. The SMILES string of the molecule is Cc1nc(COc2ccccc2C(=O)OCC(=O)N2c3ccccc3Sc3ccccc32)no1. The van der Waals surface area contributed by atoms with E-state index < -0.39 is 12.6 Å². The molecule has 1 amide bonds. The second-order valence-corrected chi connectivity index (χ2v) is 8.44. The first-order valence-electron chi connectivity index (χ1n) is 10.5. The summed E-state index contributed by atoms with van der Waals surface area (Å²) < 4.78 is 16.0. The zero-order valence-electron chi connectivity index (χ0n) is 18.1. The number of aromatic nitrogens is 2. The summed E-state index contributed by atoms with van der Waals surface area (Å²) in [6, 6.07) is 21.9. The fraction of sp³-hybridized carbons (Fsp3) is 0.120. The van der Waals surface area contributed by atoms with E-state index in [0.717, 1.165) is 21.2 Å². The molecule has 3 aromatic carbocycles. The van der Waals surface area contributed by atoms with Crippen LogP contribution in [0.2, 0.25) is 0 Å². The van der Waals surface area contributed by atoms with E-state index in [0.29, 0.717) is 17.5 Å². The van der Waals surface area contributed by atoms with Gasteiger partial charge in [0.2, 0.25) is 11.7 Å². The zero-order valence-corrected chi connectivity index (χ0v) is 19.0. The summed E-state index contributed by atoms with van der Waals surface area (Å²) in [7, 11) is 0. The van der Waals surface area contributed by atoms with Crippen LogP contribution in [0.25, 0.3) is 0 Å². The topological polar surface area (TPSA) is 94.8 Å². The zero-order chi connectivity index (χ0) is 23.5. The Kier molecular flexibility index (Phi) is 6.01. The van der Waals surface area contributed by atoms with Gasteiger partial charge in [0.1, 0.15) is 11.3 Å². The van der Waals surface area contributed by atoms with Crippen molar-refractivity contribution in [2.24, 2.45) is 0 Å². The monoisotopic (exact) mass is 473 g/mol. The number of esters is 1. The molecule has 8 nitrogen and oxygen atoms in total. The van der Waals surface area contributed by atoms with E-state index in [1.54, 1.807) is 47.9 Å². The average Bonchev–Trinajstić information content (AvgIpc) is 3.29. The highest BCUT2D eigenvalue weighted by Crippen LogP contribution is 2.47. The van der Waals surface area contributed by atoms with Gasteiger partial charge in [0.15, 0.2) is 13.2 Å². The first kappa shape index (κ1) is 21.7. The van der Waals surface area contributed by atoms with Crippen LogP contribution in [-0.4, -0.2) is 28.6 Å². The molecule has 0 aliphatic carbocycles. The van der Waals surface area contributed by atoms with Gasteiger partial charge in [0.25, 0.3) is 5.91 Å². The van der Waals surface area contributed by atoms with Crippen molar-refractivity contribution in [3.05, 3.63) is 90.1 Å². The van der Waals surface area contributed by atoms with Crippen LogP contribution in [-0.2, 0) is 16.1 Å². The summed E-state index contributed by atoms with van der Waals surface area (Å²) in [4.78, 5) is 33.7. The van der Waals surface area contributed by atoms with Crippen LogP contribution in [0.5, 0.6) is 5.75 Å². The van der Waals surface area contributed by atoms with Gasteiger partial charge in [0.05, 0.1) is 11.4 Å². The number of nitrogens with zero attached hydrogens (tertiary/aromatic N) is 3. The maximum Gasteiger partial charge on any atom is 0.342 e. The van der Waals surface area contributed by atoms with Crippen LogP contribution in [0, 0.1) is 6.92 Å². The third kappa shape index (κ3) is 4.38. The second kappa shape index (κ2) is 9.40. The highest BCUT2D eigenvalue weighted by Gasteiger charge is 2.28. The maximum absolute atomic E-state index is 13.2. The van der Waals surface area contributed by atoms with Gasteiger partial charge < -0.3 is 14.0 Å². The number of amides is 1. The summed E-state index contributed by atoms with van der Waals surface area (Å²) in [6.07, 6.45) is 0. The Labute approximate surface area is 199 Å². The van der Waals surface area contributed by atoms with Gasteiger partial charge in [-0.1, -0.05) is 53.3 Å². The van der Waals surface area contributed by atoms with E-state index in [9.17, 15) is 9.59 Å². The molecule has 0 radical (unpaired) electrons. The first-order chi connectivity index (χ1) is 16.6. The Morgan fingerprint density at radius 2 is 1.59 bits per heavy atom. The minimum Gasteiger partial charge on any atom is -0.485 e. The molecule has 0 saturated heterocycles. The molecule has 0 spiro atoms. The number of fused-ring (bicyclic) bond motifs is 2. The Balaban J connectivity index is 1.31. The molecule has 1 aliphatic rings. The largest absolute Gasteiger partial charge is 0.485 e. The first-order valence-corrected chi connectivity index (χ1v) is 11.3. The van der Waals surface area contributed by atoms with Crippen LogP contribution in [0.4, 0.5) is 11.4 Å². The molecule has 9 heteroatoms. The average molecular weight is 474 g/mol. The van der Waals surface area contributed by atoms with Crippen molar-refractivity contribution in [1.29, 1.82) is 0 Å². The number of rotatable bonds is 6. The third-order valence-corrected chi connectivity index (χ3v) is 6.17. The van der Waals surface area contributed by atoms with Crippen molar-refractivity contribution in [3.8, 4) is 5.75 Å². The van der Waals surface area contributed by atoms with Gasteiger partial charge in [-0.15, -0.1) is 0 Å². The van der Waals surface area contributed by atoms with Crippen molar-refractivity contribution < 1.29 is 23.6 Å². The lowest BCUT2D eigenvalue weighted by Gasteiger charge is -2.30. The molecule has 0 saturated carbocycles. The molecule has 5 rings (SSSR count). The number of benzene rings is 3. The summed E-state index contributed by atoms with van der Waals surface area (Å²) in [5, 5.41) is 3.77. The van der Waals surface area contributed by atoms with Gasteiger partial charge in [-0.2, -0.15) is 4.98 Å². The van der Waals surface area contributed by atoms with E-state index in [2.05, 4.69) is 10.1 Å². The number of carbonyl (C=O) groups is 2. The fourth-order valence-electron chi connectivity index (χ4n) is 3.55. The Morgan fingerprint density at radius 1 is 0.941 bits per heavy atom. The highest BCUT2D eigenvalue weighted by atomic mass is 32.2. The molecule has 0 N–H and O–H groups in total. The lowest BCUT2D eigenvalue weighted by molar-refractivity contribution is -0.121. The molecule has 2 heterocycles. The normalized spacial score (nSPS) is 12.0. The number of hydrogen-bond acceptors (Lipinski definition) is 8. The van der Waals surface area contributed by atoms with E-state index in [4.69, 9.17) is 14.0 Å². The lowest BCUT2D eigenvalue weighted by atomic mass is 10.2. The quantitative estimate of drug-likeness (QED) is 0.363. The Hall–Kier alpha value is -4.11. The van der Waals surface area contributed by atoms with Gasteiger partial charge in [-0.05, 0) is 36.4 Å². The minimum atomic E-state index is -0.666. The number of anilines is 2. The second-order valence-electron chi connectivity index (χ2n) is 7.36. The van der Waals surface area contributed by atoms with Gasteiger partial charge in [0, 0.05) is 16.7 Å².